The number of allylic oxidation sites excluding steroid dienone is 1. The summed E-state index contributed by atoms with van der Waals surface area (Å²) in [5, 5.41) is 9.67. The third-order valence-corrected chi connectivity index (χ3v) is 2.77. The van der Waals surface area contributed by atoms with Crippen LogP contribution >= 0.6 is 0 Å². The van der Waals surface area contributed by atoms with Gasteiger partial charge in [-0.25, -0.2) is 0 Å². The summed E-state index contributed by atoms with van der Waals surface area (Å²) in [5.41, 5.74) is -0.441. The Balaban J connectivity index is 3.13. The lowest BCUT2D eigenvalue weighted by atomic mass is 9.99. The van der Waals surface area contributed by atoms with E-state index in [1.165, 1.54) is 6.92 Å². The van der Waals surface area contributed by atoms with Gasteiger partial charge in [-0.1, -0.05) is 43.4 Å². The van der Waals surface area contributed by atoms with Crippen LogP contribution < -0.4 is 0 Å². The van der Waals surface area contributed by atoms with E-state index in [0.29, 0.717) is 12.0 Å². The molecule has 1 nitrogen and oxygen atoms in total. The monoisotopic (exact) mass is 282 g/mol. The minimum absolute atomic E-state index is 0.0687. The first-order valence-electron chi connectivity index (χ1n) is 6.39. The number of alkyl halides is 3. The number of aliphatic hydroxyl groups is 1. The van der Waals surface area contributed by atoms with Crippen molar-refractivity contribution in [2.45, 2.75) is 39.0 Å². The molecule has 0 amide bonds. The van der Waals surface area contributed by atoms with E-state index in [-0.39, 0.29) is 12.0 Å². The van der Waals surface area contributed by atoms with Gasteiger partial charge in [0.05, 0.1) is 11.7 Å². The fourth-order valence-corrected chi connectivity index (χ4v) is 1.82. The van der Waals surface area contributed by atoms with Gasteiger partial charge in [0.2, 0.25) is 0 Å². The van der Waals surface area contributed by atoms with Gasteiger partial charge in [0.25, 0.3) is 0 Å². The van der Waals surface area contributed by atoms with Crippen molar-refractivity contribution in [3.63, 3.8) is 0 Å². The minimum Gasteiger partial charge on any atom is -0.388 e. The van der Waals surface area contributed by atoms with Gasteiger partial charge >= 0.3 is 6.18 Å². The normalized spacial score (nSPS) is 14.1. The molecule has 1 aromatic rings. The SMILES string of the molecule is CCCC(O)/C(=C(\C)C#Cc1ccccc1)C(F)(F)F. The van der Waals surface area contributed by atoms with Gasteiger partial charge in [-0.3, -0.25) is 0 Å². The largest absolute Gasteiger partial charge is 0.416 e. The fourth-order valence-electron chi connectivity index (χ4n) is 1.82. The van der Waals surface area contributed by atoms with Gasteiger partial charge in [-0.2, -0.15) is 13.2 Å². The highest BCUT2D eigenvalue weighted by molar-refractivity contribution is 5.43. The molecule has 20 heavy (non-hydrogen) atoms. The summed E-state index contributed by atoms with van der Waals surface area (Å²) in [7, 11) is 0. The lowest BCUT2D eigenvalue weighted by Gasteiger charge is -2.18. The number of hydrogen-bond donors (Lipinski definition) is 1. The molecule has 0 saturated heterocycles. The molecule has 1 unspecified atom stereocenters. The lowest BCUT2D eigenvalue weighted by molar-refractivity contribution is -0.106. The van der Waals surface area contributed by atoms with Crippen LogP contribution in [-0.4, -0.2) is 17.4 Å². The Bertz CT molecular complexity index is 518. The Morgan fingerprint density at radius 2 is 1.85 bits per heavy atom. The topological polar surface area (TPSA) is 20.2 Å². The average molecular weight is 282 g/mol. The van der Waals surface area contributed by atoms with Gasteiger partial charge in [-0.15, -0.1) is 0 Å². The summed E-state index contributed by atoms with van der Waals surface area (Å²) in [6, 6.07) is 8.77. The predicted octanol–water partition coefficient (Wildman–Crippen LogP) is 4.08. The van der Waals surface area contributed by atoms with Crippen molar-refractivity contribution in [1.29, 1.82) is 0 Å². The molecule has 0 spiro atoms. The Morgan fingerprint density at radius 3 is 2.35 bits per heavy atom. The second kappa shape index (κ2) is 7.16. The number of halogens is 3. The van der Waals surface area contributed by atoms with E-state index in [2.05, 4.69) is 11.8 Å². The summed E-state index contributed by atoms with van der Waals surface area (Å²) in [6.45, 7) is 3.01. The smallest absolute Gasteiger partial charge is 0.388 e. The molecule has 0 fully saturated rings. The molecule has 108 valence electrons. The molecule has 4 heteroatoms. The molecule has 1 atom stereocenters. The Morgan fingerprint density at radius 1 is 1.25 bits per heavy atom. The molecule has 0 aromatic heterocycles. The summed E-state index contributed by atoms with van der Waals surface area (Å²) < 4.78 is 39.0. The summed E-state index contributed by atoms with van der Waals surface area (Å²) in [5.74, 6) is 5.17. The summed E-state index contributed by atoms with van der Waals surface area (Å²) >= 11 is 0. The van der Waals surface area contributed by atoms with Crippen LogP contribution in [0.4, 0.5) is 13.2 Å². The average Bonchev–Trinajstić information content (AvgIpc) is 2.36. The van der Waals surface area contributed by atoms with Gasteiger partial charge < -0.3 is 5.11 Å². The fraction of sp³-hybridized carbons (Fsp3) is 0.375. The molecule has 1 aromatic carbocycles. The van der Waals surface area contributed by atoms with Crippen LogP contribution in [0.25, 0.3) is 0 Å². The second-order valence-electron chi connectivity index (χ2n) is 4.46. The molecule has 1 rings (SSSR count). The maximum absolute atomic E-state index is 13.0. The molecule has 0 bridgehead atoms. The van der Waals surface area contributed by atoms with E-state index in [9.17, 15) is 18.3 Å². The van der Waals surface area contributed by atoms with E-state index < -0.39 is 17.9 Å². The molecule has 0 aliphatic rings. The van der Waals surface area contributed by atoms with E-state index in [0.717, 1.165) is 0 Å². The van der Waals surface area contributed by atoms with E-state index in [4.69, 9.17) is 0 Å². The second-order valence-corrected chi connectivity index (χ2v) is 4.46. The molecule has 0 aliphatic carbocycles. The van der Waals surface area contributed by atoms with Crippen molar-refractivity contribution in [1.82, 2.24) is 0 Å². The highest BCUT2D eigenvalue weighted by atomic mass is 19.4. The zero-order valence-electron chi connectivity index (χ0n) is 11.5. The summed E-state index contributed by atoms with van der Waals surface area (Å²) in [6.07, 6.45) is -5.55. The van der Waals surface area contributed by atoms with Crippen LogP contribution in [-0.2, 0) is 0 Å². The number of benzene rings is 1. The highest BCUT2D eigenvalue weighted by Crippen LogP contribution is 2.32. The molecule has 0 radical (unpaired) electrons. The predicted molar refractivity (Wildman–Crippen MR) is 73.0 cm³/mol. The lowest BCUT2D eigenvalue weighted by Crippen LogP contribution is -2.25. The zero-order valence-corrected chi connectivity index (χ0v) is 11.5. The Hall–Kier alpha value is -1.73. The standard InChI is InChI=1S/C16H17F3O/c1-3-7-14(20)15(16(17,18)19)12(2)10-11-13-8-5-4-6-9-13/h4-6,8-9,14,20H,3,7H2,1-2H3/b15-12-. The van der Waals surface area contributed by atoms with Gasteiger partial charge in [0, 0.05) is 11.1 Å². The highest BCUT2D eigenvalue weighted by Gasteiger charge is 2.39. The van der Waals surface area contributed by atoms with Crippen LogP contribution in [0.1, 0.15) is 32.3 Å². The van der Waals surface area contributed by atoms with Crippen LogP contribution in [0.3, 0.4) is 0 Å². The van der Waals surface area contributed by atoms with Gasteiger partial charge in [0.1, 0.15) is 0 Å². The maximum Gasteiger partial charge on any atom is 0.416 e. The Kier molecular flexibility index (Phi) is 5.84. The van der Waals surface area contributed by atoms with Crippen LogP contribution in [0.5, 0.6) is 0 Å². The van der Waals surface area contributed by atoms with Crippen LogP contribution in [0.15, 0.2) is 41.5 Å². The van der Waals surface area contributed by atoms with E-state index >= 15 is 0 Å². The first kappa shape index (κ1) is 16.3. The quantitative estimate of drug-likeness (QED) is 0.828. The van der Waals surface area contributed by atoms with Crippen LogP contribution in [0, 0.1) is 11.8 Å². The number of aliphatic hydroxyl groups excluding tert-OH is 1. The van der Waals surface area contributed by atoms with Crippen molar-refractivity contribution in [2.24, 2.45) is 0 Å². The Labute approximate surface area is 117 Å². The summed E-state index contributed by atoms with van der Waals surface area (Å²) in [4.78, 5) is 0. The van der Waals surface area contributed by atoms with Gasteiger partial charge in [0.15, 0.2) is 0 Å². The van der Waals surface area contributed by atoms with E-state index in [1.54, 1.807) is 37.3 Å². The van der Waals surface area contributed by atoms with Crippen molar-refractivity contribution < 1.29 is 18.3 Å². The third-order valence-electron chi connectivity index (χ3n) is 2.77. The van der Waals surface area contributed by atoms with Crippen molar-refractivity contribution in [3.8, 4) is 11.8 Å². The van der Waals surface area contributed by atoms with Crippen molar-refractivity contribution >= 4 is 0 Å². The van der Waals surface area contributed by atoms with Crippen LogP contribution in [0.2, 0.25) is 0 Å². The van der Waals surface area contributed by atoms with Crippen molar-refractivity contribution in [2.75, 3.05) is 0 Å². The van der Waals surface area contributed by atoms with Gasteiger partial charge in [-0.05, 0) is 25.5 Å². The minimum atomic E-state index is -4.57. The first-order valence-corrected chi connectivity index (χ1v) is 6.39. The number of rotatable bonds is 3. The number of hydrogen-bond acceptors (Lipinski definition) is 1. The molecule has 0 aliphatic heterocycles. The molecular weight excluding hydrogens is 265 g/mol. The third kappa shape index (κ3) is 4.75. The molecule has 1 N–H and O–H groups in total. The zero-order chi connectivity index (χ0) is 15.2. The maximum atomic E-state index is 13.0. The molecule has 0 heterocycles. The van der Waals surface area contributed by atoms with Crippen molar-refractivity contribution in [3.05, 3.63) is 47.0 Å². The van der Waals surface area contributed by atoms with E-state index in [1.807, 2.05) is 0 Å². The molecule has 0 saturated carbocycles. The molecular formula is C16H17F3O. The first-order chi connectivity index (χ1) is 9.36.